The second kappa shape index (κ2) is 11.8. The van der Waals surface area contributed by atoms with E-state index in [1.54, 1.807) is 11.3 Å². The summed E-state index contributed by atoms with van der Waals surface area (Å²) in [4.78, 5) is 5.58. The Labute approximate surface area is 205 Å². The number of aliphatic hydroxyl groups is 1. The SMILES string of the molecule is CCNC(=NCC(O)c1cc2ccccc2s1)NCC1CCOC1c1ccccc1.I. The molecule has 1 aliphatic heterocycles. The van der Waals surface area contributed by atoms with Crippen molar-refractivity contribution in [3.05, 3.63) is 71.1 Å². The molecule has 0 radical (unpaired) electrons. The number of halogens is 1. The van der Waals surface area contributed by atoms with Crippen LogP contribution in [0.15, 0.2) is 65.7 Å². The Morgan fingerprint density at radius 1 is 1.16 bits per heavy atom. The summed E-state index contributed by atoms with van der Waals surface area (Å²) in [5, 5.41) is 18.5. The molecule has 31 heavy (non-hydrogen) atoms. The van der Waals surface area contributed by atoms with Gasteiger partial charge in [0.1, 0.15) is 6.10 Å². The Balaban J connectivity index is 0.00000272. The Morgan fingerprint density at radius 3 is 2.71 bits per heavy atom. The molecule has 0 saturated carbocycles. The van der Waals surface area contributed by atoms with Crippen molar-refractivity contribution in [3.63, 3.8) is 0 Å². The largest absolute Gasteiger partial charge is 0.386 e. The van der Waals surface area contributed by atoms with E-state index in [0.29, 0.717) is 12.5 Å². The van der Waals surface area contributed by atoms with E-state index in [4.69, 9.17) is 4.74 Å². The van der Waals surface area contributed by atoms with Crippen molar-refractivity contribution in [2.45, 2.75) is 25.6 Å². The number of guanidine groups is 1. The number of rotatable bonds is 7. The van der Waals surface area contributed by atoms with Gasteiger partial charge in [-0.1, -0.05) is 48.5 Å². The van der Waals surface area contributed by atoms with Crippen LogP contribution in [0, 0.1) is 5.92 Å². The highest BCUT2D eigenvalue weighted by Gasteiger charge is 2.29. The lowest BCUT2D eigenvalue weighted by molar-refractivity contribution is 0.0915. The number of nitrogens with zero attached hydrogens (tertiary/aromatic N) is 1. The monoisotopic (exact) mass is 551 g/mol. The number of fused-ring (bicyclic) bond motifs is 1. The molecule has 3 N–H and O–H groups in total. The fourth-order valence-electron chi connectivity index (χ4n) is 3.86. The molecule has 166 valence electrons. The highest BCUT2D eigenvalue weighted by atomic mass is 127. The third-order valence-electron chi connectivity index (χ3n) is 5.41. The van der Waals surface area contributed by atoms with Crippen LogP contribution in [-0.2, 0) is 4.74 Å². The van der Waals surface area contributed by atoms with E-state index in [1.165, 1.54) is 15.6 Å². The first kappa shape index (κ1) is 24.0. The van der Waals surface area contributed by atoms with Gasteiger partial charge in [0.25, 0.3) is 0 Å². The minimum absolute atomic E-state index is 0. The first-order chi connectivity index (χ1) is 14.7. The maximum atomic E-state index is 10.6. The standard InChI is InChI=1S/C24H29N3O2S.HI/c1-2-25-24(26-15-19-12-13-29-23(19)17-8-4-3-5-9-17)27-16-20(28)22-14-18-10-6-7-11-21(18)30-22;/h3-11,14,19-20,23,28H,2,12-13,15-16H2,1H3,(H2,25,26,27);1H. The van der Waals surface area contributed by atoms with E-state index in [-0.39, 0.29) is 30.1 Å². The number of thiophene rings is 1. The molecule has 2 heterocycles. The summed E-state index contributed by atoms with van der Waals surface area (Å²) < 4.78 is 7.18. The summed E-state index contributed by atoms with van der Waals surface area (Å²) >= 11 is 1.63. The molecule has 5 nitrogen and oxygen atoms in total. The van der Waals surface area contributed by atoms with E-state index < -0.39 is 6.10 Å². The fourth-order valence-corrected chi connectivity index (χ4v) is 4.90. The number of nitrogens with one attached hydrogen (secondary N) is 2. The number of aliphatic imine (C=N–C) groups is 1. The van der Waals surface area contributed by atoms with Crippen molar-refractivity contribution in [3.8, 4) is 0 Å². The molecule has 0 bridgehead atoms. The smallest absolute Gasteiger partial charge is 0.191 e. The summed E-state index contributed by atoms with van der Waals surface area (Å²) in [6.45, 7) is 4.71. The van der Waals surface area contributed by atoms with Gasteiger partial charge >= 0.3 is 0 Å². The molecular weight excluding hydrogens is 521 g/mol. The van der Waals surface area contributed by atoms with Crippen LogP contribution in [0.2, 0.25) is 0 Å². The van der Waals surface area contributed by atoms with Gasteiger partial charge < -0.3 is 20.5 Å². The van der Waals surface area contributed by atoms with Crippen LogP contribution >= 0.6 is 35.3 Å². The summed E-state index contributed by atoms with van der Waals surface area (Å²) in [5.41, 5.74) is 1.23. The summed E-state index contributed by atoms with van der Waals surface area (Å²) in [6.07, 6.45) is 0.534. The lowest BCUT2D eigenvalue weighted by Gasteiger charge is -2.21. The van der Waals surface area contributed by atoms with E-state index in [1.807, 2.05) is 25.1 Å². The minimum atomic E-state index is -0.607. The maximum Gasteiger partial charge on any atom is 0.191 e. The number of benzene rings is 2. The molecule has 7 heteroatoms. The molecule has 0 spiro atoms. The zero-order valence-electron chi connectivity index (χ0n) is 17.7. The van der Waals surface area contributed by atoms with Gasteiger partial charge in [0.15, 0.2) is 5.96 Å². The maximum absolute atomic E-state index is 10.6. The van der Waals surface area contributed by atoms with E-state index in [9.17, 15) is 5.11 Å². The molecule has 3 atom stereocenters. The molecule has 1 fully saturated rings. The van der Waals surface area contributed by atoms with Gasteiger partial charge in [-0.2, -0.15) is 0 Å². The van der Waals surface area contributed by atoms with Gasteiger partial charge in [-0.25, -0.2) is 0 Å². The van der Waals surface area contributed by atoms with Crippen LogP contribution in [0.3, 0.4) is 0 Å². The van der Waals surface area contributed by atoms with E-state index in [2.05, 4.69) is 58.1 Å². The number of hydrogen-bond acceptors (Lipinski definition) is 4. The number of ether oxygens (including phenoxy) is 1. The Morgan fingerprint density at radius 2 is 1.94 bits per heavy atom. The van der Waals surface area contributed by atoms with Crippen LogP contribution in [0.25, 0.3) is 10.1 Å². The summed E-state index contributed by atoms with van der Waals surface area (Å²) in [6, 6.07) is 20.7. The molecule has 3 aromatic rings. The van der Waals surface area contributed by atoms with Gasteiger partial charge in [-0.3, -0.25) is 4.99 Å². The number of hydrogen-bond donors (Lipinski definition) is 3. The normalized spacial score (nSPS) is 19.7. The van der Waals surface area contributed by atoms with Gasteiger partial charge in [-0.15, -0.1) is 35.3 Å². The Hall–Kier alpha value is -1.68. The highest BCUT2D eigenvalue weighted by Crippen LogP contribution is 2.34. The highest BCUT2D eigenvalue weighted by molar-refractivity contribution is 14.0. The van der Waals surface area contributed by atoms with Crippen molar-refractivity contribution in [2.24, 2.45) is 10.9 Å². The quantitative estimate of drug-likeness (QED) is 0.223. The van der Waals surface area contributed by atoms with Crippen molar-refractivity contribution in [2.75, 3.05) is 26.2 Å². The Kier molecular flexibility index (Phi) is 9.13. The zero-order valence-corrected chi connectivity index (χ0v) is 20.8. The molecule has 3 unspecified atom stereocenters. The first-order valence-corrected chi connectivity index (χ1v) is 11.4. The average Bonchev–Trinajstić information content (AvgIpc) is 3.43. The van der Waals surface area contributed by atoms with Crippen molar-refractivity contribution in [1.29, 1.82) is 0 Å². The summed E-state index contributed by atoms with van der Waals surface area (Å²) in [5.74, 6) is 1.13. The van der Waals surface area contributed by atoms with Crippen LogP contribution in [-0.4, -0.2) is 37.3 Å². The van der Waals surface area contributed by atoms with E-state index >= 15 is 0 Å². The van der Waals surface area contributed by atoms with Crippen LogP contribution in [0.5, 0.6) is 0 Å². The summed E-state index contributed by atoms with van der Waals surface area (Å²) in [7, 11) is 0. The van der Waals surface area contributed by atoms with Crippen molar-refractivity contribution >= 4 is 51.4 Å². The van der Waals surface area contributed by atoms with Gasteiger partial charge in [0.2, 0.25) is 0 Å². The van der Waals surface area contributed by atoms with E-state index in [0.717, 1.165) is 37.0 Å². The predicted octanol–water partition coefficient (Wildman–Crippen LogP) is 4.89. The zero-order chi connectivity index (χ0) is 20.8. The third-order valence-corrected chi connectivity index (χ3v) is 6.63. The van der Waals surface area contributed by atoms with Crippen molar-refractivity contribution in [1.82, 2.24) is 10.6 Å². The number of aliphatic hydroxyl groups excluding tert-OH is 1. The topological polar surface area (TPSA) is 65.9 Å². The molecule has 1 aliphatic rings. The van der Waals surface area contributed by atoms with Crippen LogP contribution in [0.1, 0.15) is 36.0 Å². The van der Waals surface area contributed by atoms with Crippen LogP contribution in [0.4, 0.5) is 0 Å². The molecule has 1 aromatic heterocycles. The van der Waals surface area contributed by atoms with Gasteiger partial charge in [-0.05, 0) is 36.4 Å². The fraction of sp³-hybridized carbons (Fsp3) is 0.375. The molecular formula is C24H30IN3O2S. The van der Waals surface area contributed by atoms with Gasteiger partial charge in [0.05, 0.1) is 12.6 Å². The second-order valence-corrected chi connectivity index (χ2v) is 8.67. The lowest BCUT2D eigenvalue weighted by Crippen LogP contribution is -2.40. The molecule has 4 rings (SSSR count). The average molecular weight is 551 g/mol. The molecule has 0 amide bonds. The van der Waals surface area contributed by atoms with Crippen molar-refractivity contribution < 1.29 is 9.84 Å². The second-order valence-electron chi connectivity index (χ2n) is 7.55. The minimum Gasteiger partial charge on any atom is -0.386 e. The molecule has 1 saturated heterocycles. The first-order valence-electron chi connectivity index (χ1n) is 10.6. The predicted molar refractivity (Wildman–Crippen MR) is 139 cm³/mol. The Bertz CT molecular complexity index is 946. The van der Waals surface area contributed by atoms with Gasteiger partial charge in [0, 0.05) is 35.2 Å². The third kappa shape index (κ3) is 6.19. The molecule has 0 aliphatic carbocycles. The molecule has 2 aromatic carbocycles. The van der Waals surface area contributed by atoms with Crippen LogP contribution < -0.4 is 10.6 Å². The lowest BCUT2D eigenvalue weighted by atomic mass is 9.95.